The van der Waals surface area contributed by atoms with E-state index >= 15 is 0 Å². The van der Waals surface area contributed by atoms with Gasteiger partial charge in [-0.05, 0) is 38.1 Å². The molecular formula is C17H18FN3O5S. The van der Waals surface area contributed by atoms with Gasteiger partial charge in [0.25, 0.3) is 5.91 Å². The number of benzene rings is 1. The molecule has 0 aliphatic heterocycles. The van der Waals surface area contributed by atoms with Crippen LogP contribution in [0, 0.1) is 12.7 Å². The van der Waals surface area contributed by atoms with Gasteiger partial charge in [0.15, 0.2) is 12.4 Å². The van der Waals surface area contributed by atoms with Crippen LogP contribution in [-0.2, 0) is 19.1 Å². The number of halogens is 1. The Bertz CT molecular complexity index is 809. The summed E-state index contributed by atoms with van der Waals surface area (Å²) in [4.78, 5) is 35.4. The second-order valence-electron chi connectivity index (χ2n) is 5.49. The molecule has 10 heteroatoms. The van der Waals surface area contributed by atoms with Crippen LogP contribution in [0.3, 0.4) is 0 Å². The number of anilines is 2. The van der Waals surface area contributed by atoms with E-state index in [4.69, 9.17) is 9.26 Å². The summed E-state index contributed by atoms with van der Waals surface area (Å²) in [5.41, 5.74) is 0.456. The molecule has 1 atom stereocenters. The fourth-order valence-corrected chi connectivity index (χ4v) is 2.53. The van der Waals surface area contributed by atoms with Crippen molar-refractivity contribution in [3.05, 3.63) is 41.9 Å². The van der Waals surface area contributed by atoms with E-state index in [2.05, 4.69) is 15.8 Å². The van der Waals surface area contributed by atoms with Crippen molar-refractivity contribution >= 4 is 41.1 Å². The zero-order valence-electron chi connectivity index (χ0n) is 14.7. The van der Waals surface area contributed by atoms with E-state index in [0.29, 0.717) is 11.4 Å². The molecule has 0 aliphatic carbocycles. The number of ether oxygens (including phenoxy) is 1. The quantitative estimate of drug-likeness (QED) is 0.660. The lowest BCUT2D eigenvalue weighted by Gasteiger charge is -2.11. The summed E-state index contributed by atoms with van der Waals surface area (Å²) in [7, 11) is 0. The third-order valence-electron chi connectivity index (χ3n) is 3.17. The van der Waals surface area contributed by atoms with Gasteiger partial charge in [-0.2, -0.15) is 0 Å². The van der Waals surface area contributed by atoms with Crippen molar-refractivity contribution in [1.82, 2.24) is 5.16 Å². The minimum atomic E-state index is -0.647. The number of rotatable bonds is 8. The van der Waals surface area contributed by atoms with Crippen molar-refractivity contribution in [2.75, 3.05) is 23.0 Å². The highest BCUT2D eigenvalue weighted by Gasteiger charge is 2.18. The summed E-state index contributed by atoms with van der Waals surface area (Å²) in [5.74, 6) is -1.16. The molecular weight excluding hydrogens is 377 g/mol. The first-order valence-electron chi connectivity index (χ1n) is 7.90. The summed E-state index contributed by atoms with van der Waals surface area (Å²) in [5, 5.41) is 7.95. The molecule has 2 N–H and O–H groups in total. The monoisotopic (exact) mass is 395 g/mol. The minimum absolute atomic E-state index is 0.00193. The second-order valence-corrected chi connectivity index (χ2v) is 6.82. The number of hydrogen-bond donors (Lipinski definition) is 2. The SMILES string of the molecule is Cc1cc(NC(=O)COC(=O)[C@H](C)SCC(=O)Nc2ccc(F)cc2)no1. The molecule has 27 heavy (non-hydrogen) atoms. The number of aryl methyl sites for hydroxylation is 1. The van der Waals surface area contributed by atoms with E-state index < -0.39 is 29.6 Å². The Morgan fingerprint density at radius 2 is 1.93 bits per heavy atom. The molecule has 2 rings (SSSR count). The number of nitrogens with zero attached hydrogens (tertiary/aromatic N) is 1. The minimum Gasteiger partial charge on any atom is -0.455 e. The molecule has 8 nitrogen and oxygen atoms in total. The Balaban J connectivity index is 1.67. The van der Waals surface area contributed by atoms with Crippen LogP contribution in [0.4, 0.5) is 15.9 Å². The Labute approximate surface area is 158 Å². The van der Waals surface area contributed by atoms with E-state index in [1.807, 2.05) is 0 Å². The second kappa shape index (κ2) is 9.72. The highest BCUT2D eigenvalue weighted by atomic mass is 32.2. The number of hydrogen-bond acceptors (Lipinski definition) is 7. The lowest BCUT2D eigenvalue weighted by molar-refractivity contribution is -0.146. The van der Waals surface area contributed by atoms with Crippen molar-refractivity contribution in [3.8, 4) is 0 Å². The van der Waals surface area contributed by atoms with E-state index in [9.17, 15) is 18.8 Å². The standard InChI is InChI=1S/C17H18FN3O5S/c1-10-7-14(21-26-10)20-15(22)8-25-17(24)11(2)27-9-16(23)19-13-5-3-12(18)4-6-13/h3-7,11H,8-9H2,1-2H3,(H,19,23)(H,20,21,22)/t11-/m0/s1. The topological polar surface area (TPSA) is 111 Å². The average molecular weight is 395 g/mol. The number of aromatic nitrogens is 1. The normalized spacial score (nSPS) is 11.5. The Hall–Kier alpha value is -2.88. The maximum atomic E-state index is 12.8. The molecule has 1 aromatic heterocycles. The number of carbonyl (C=O) groups excluding carboxylic acids is 3. The molecule has 0 radical (unpaired) electrons. The number of carbonyl (C=O) groups is 3. The summed E-state index contributed by atoms with van der Waals surface area (Å²) in [6, 6.07) is 6.86. The molecule has 2 aromatic rings. The molecule has 2 amide bonds. The van der Waals surface area contributed by atoms with E-state index in [1.54, 1.807) is 13.8 Å². The third kappa shape index (κ3) is 7.10. The number of esters is 1. The first-order valence-corrected chi connectivity index (χ1v) is 8.95. The smallest absolute Gasteiger partial charge is 0.319 e. The van der Waals surface area contributed by atoms with E-state index in [1.165, 1.54) is 30.3 Å². The number of amides is 2. The highest BCUT2D eigenvalue weighted by Crippen LogP contribution is 2.14. The molecule has 1 heterocycles. The number of nitrogens with one attached hydrogen (secondary N) is 2. The summed E-state index contributed by atoms with van der Waals surface area (Å²) in [6.45, 7) is 2.77. The van der Waals surface area contributed by atoms with Gasteiger partial charge in [-0.3, -0.25) is 14.4 Å². The van der Waals surface area contributed by atoms with Gasteiger partial charge in [-0.25, -0.2) is 4.39 Å². The molecule has 144 valence electrons. The van der Waals surface area contributed by atoms with Gasteiger partial charge in [0.2, 0.25) is 5.91 Å². The van der Waals surface area contributed by atoms with Crippen LogP contribution in [0.25, 0.3) is 0 Å². The Morgan fingerprint density at radius 1 is 1.22 bits per heavy atom. The van der Waals surface area contributed by atoms with Crippen LogP contribution < -0.4 is 10.6 Å². The van der Waals surface area contributed by atoms with Crippen LogP contribution in [0.2, 0.25) is 0 Å². The van der Waals surface area contributed by atoms with Crippen LogP contribution in [0.1, 0.15) is 12.7 Å². The Morgan fingerprint density at radius 3 is 2.56 bits per heavy atom. The molecule has 1 aromatic carbocycles. The molecule has 0 bridgehead atoms. The van der Waals surface area contributed by atoms with E-state index in [-0.39, 0.29) is 17.5 Å². The third-order valence-corrected chi connectivity index (χ3v) is 4.29. The van der Waals surface area contributed by atoms with Crippen molar-refractivity contribution in [3.63, 3.8) is 0 Å². The maximum absolute atomic E-state index is 12.8. The van der Waals surface area contributed by atoms with Gasteiger partial charge in [-0.15, -0.1) is 11.8 Å². The van der Waals surface area contributed by atoms with E-state index in [0.717, 1.165) is 11.8 Å². The van der Waals surface area contributed by atoms with Gasteiger partial charge in [-0.1, -0.05) is 5.16 Å². The van der Waals surface area contributed by atoms with Crippen molar-refractivity contribution in [2.45, 2.75) is 19.1 Å². The predicted octanol–water partition coefficient (Wildman–Crippen LogP) is 2.36. The fourth-order valence-electron chi connectivity index (χ4n) is 1.86. The fraction of sp³-hybridized carbons (Fsp3) is 0.294. The molecule has 0 saturated heterocycles. The number of thioether (sulfide) groups is 1. The molecule has 0 aliphatic rings. The summed E-state index contributed by atoms with van der Waals surface area (Å²) >= 11 is 1.05. The van der Waals surface area contributed by atoms with Crippen LogP contribution in [-0.4, -0.2) is 40.6 Å². The first-order chi connectivity index (χ1) is 12.8. The largest absolute Gasteiger partial charge is 0.455 e. The van der Waals surface area contributed by atoms with Crippen molar-refractivity contribution in [2.24, 2.45) is 0 Å². The van der Waals surface area contributed by atoms with Gasteiger partial charge in [0, 0.05) is 11.8 Å². The molecule has 0 fully saturated rings. The lowest BCUT2D eigenvalue weighted by atomic mass is 10.3. The average Bonchev–Trinajstić information content (AvgIpc) is 3.04. The maximum Gasteiger partial charge on any atom is 0.319 e. The van der Waals surface area contributed by atoms with Crippen LogP contribution in [0.15, 0.2) is 34.9 Å². The molecule has 0 unspecified atom stereocenters. The van der Waals surface area contributed by atoms with Gasteiger partial charge >= 0.3 is 5.97 Å². The van der Waals surface area contributed by atoms with Crippen LogP contribution >= 0.6 is 11.8 Å². The van der Waals surface area contributed by atoms with Crippen molar-refractivity contribution < 1.29 is 28.0 Å². The highest BCUT2D eigenvalue weighted by molar-refractivity contribution is 8.01. The first kappa shape index (κ1) is 20.4. The van der Waals surface area contributed by atoms with Gasteiger partial charge in [0.05, 0.1) is 5.75 Å². The zero-order valence-corrected chi connectivity index (χ0v) is 15.5. The molecule has 0 saturated carbocycles. The summed E-state index contributed by atoms with van der Waals surface area (Å²) in [6.07, 6.45) is 0. The van der Waals surface area contributed by atoms with Gasteiger partial charge in [0.1, 0.15) is 16.8 Å². The van der Waals surface area contributed by atoms with Crippen molar-refractivity contribution in [1.29, 1.82) is 0 Å². The zero-order chi connectivity index (χ0) is 19.8. The van der Waals surface area contributed by atoms with Gasteiger partial charge < -0.3 is 19.9 Å². The summed E-state index contributed by atoms with van der Waals surface area (Å²) < 4.78 is 22.5. The van der Waals surface area contributed by atoms with Crippen LogP contribution in [0.5, 0.6) is 0 Å². The Kier molecular flexibility index (Phi) is 7.35. The lowest BCUT2D eigenvalue weighted by Crippen LogP contribution is -2.26. The molecule has 0 spiro atoms. The predicted molar refractivity (Wildman–Crippen MR) is 97.8 cm³/mol.